The van der Waals surface area contributed by atoms with Gasteiger partial charge in [0.05, 0.1) is 23.6 Å². The van der Waals surface area contributed by atoms with Gasteiger partial charge in [0.15, 0.2) is 5.82 Å². The van der Waals surface area contributed by atoms with Crippen LogP contribution in [0.5, 0.6) is 5.75 Å². The van der Waals surface area contributed by atoms with E-state index >= 15 is 0 Å². The highest BCUT2D eigenvalue weighted by Crippen LogP contribution is 2.39. The first kappa shape index (κ1) is 24.1. The number of benzene rings is 1. The minimum atomic E-state index is -4.82. The normalized spacial score (nSPS) is 12.0. The standard InChI is InChI=1S/C24H16F6N4O/c1-2-35-20-11-14(5-6-17(20)23(25,26)27)19-12-21(24(28,29)30)34-22(33-19)15-7-9-32-18(10-15)16-4-3-8-31-13-16/h3-13H,2H2,1H3. The lowest BCUT2D eigenvalue weighted by molar-refractivity contribution is -0.141. The summed E-state index contributed by atoms with van der Waals surface area (Å²) in [6.45, 7) is 1.43. The van der Waals surface area contributed by atoms with Gasteiger partial charge in [0.25, 0.3) is 0 Å². The predicted octanol–water partition coefficient (Wildman–Crippen LogP) is 6.70. The molecule has 0 amide bonds. The van der Waals surface area contributed by atoms with E-state index in [2.05, 4.69) is 19.9 Å². The maximum atomic E-state index is 13.7. The second-order valence-corrected chi connectivity index (χ2v) is 7.27. The summed E-state index contributed by atoms with van der Waals surface area (Å²) in [5.41, 5.74) is -1.17. The lowest BCUT2D eigenvalue weighted by Crippen LogP contribution is -2.11. The third-order valence-corrected chi connectivity index (χ3v) is 4.87. The molecule has 4 aromatic rings. The molecule has 0 fully saturated rings. The first-order valence-electron chi connectivity index (χ1n) is 10.2. The Hall–Kier alpha value is -4.02. The van der Waals surface area contributed by atoms with Gasteiger partial charge >= 0.3 is 12.4 Å². The second-order valence-electron chi connectivity index (χ2n) is 7.27. The third kappa shape index (κ3) is 5.39. The molecule has 0 aliphatic rings. The molecule has 0 saturated heterocycles. The fraction of sp³-hybridized carbons (Fsp3) is 0.167. The summed E-state index contributed by atoms with van der Waals surface area (Å²) in [5, 5.41) is 0. The molecular formula is C24H16F6N4O. The Morgan fingerprint density at radius 3 is 2.23 bits per heavy atom. The Labute approximate surface area is 195 Å². The first-order chi connectivity index (χ1) is 16.6. The quantitative estimate of drug-likeness (QED) is 0.291. The van der Waals surface area contributed by atoms with E-state index < -0.39 is 29.4 Å². The van der Waals surface area contributed by atoms with Crippen molar-refractivity contribution in [2.24, 2.45) is 0 Å². The summed E-state index contributed by atoms with van der Waals surface area (Å²) >= 11 is 0. The molecule has 0 N–H and O–H groups in total. The number of nitrogens with zero attached hydrogens (tertiary/aromatic N) is 4. The van der Waals surface area contributed by atoms with Crippen molar-refractivity contribution >= 4 is 0 Å². The van der Waals surface area contributed by atoms with E-state index in [9.17, 15) is 26.3 Å². The highest BCUT2D eigenvalue weighted by molar-refractivity contribution is 5.69. The van der Waals surface area contributed by atoms with E-state index in [1.807, 2.05) is 0 Å². The lowest BCUT2D eigenvalue weighted by atomic mass is 10.1. The van der Waals surface area contributed by atoms with Crippen molar-refractivity contribution in [3.8, 4) is 39.7 Å². The molecule has 0 saturated carbocycles. The molecule has 0 bridgehead atoms. The number of alkyl halides is 6. The zero-order chi connectivity index (χ0) is 25.2. The molecule has 0 spiro atoms. The molecule has 0 unspecified atom stereocenters. The zero-order valence-electron chi connectivity index (χ0n) is 18.0. The molecule has 3 aromatic heterocycles. The third-order valence-electron chi connectivity index (χ3n) is 4.87. The van der Waals surface area contributed by atoms with E-state index in [0.29, 0.717) is 17.3 Å². The molecule has 0 aliphatic heterocycles. The van der Waals surface area contributed by atoms with Crippen LogP contribution in [0.3, 0.4) is 0 Å². The molecule has 35 heavy (non-hydrogen) atoms. The zero-order valence-corrected chi connectivity index (χ0v) is 18.0. The van der Waals surface area contributed by atoms with Crippen molar-refractivity contribution in [1.29, 1.82) is 0 Å². The van der Waals surface area contributed by atoms with Crippen molar-refractivity contribution < 1.29 is 31.1 Å². The Morgan fingerprint density at radius 1 is 0.771 bits per heavy atom. The monoisotopic (exact) mass is 490 g/mol. The molecule has 3 heterocycles. The fourth-order valence-corrected chi connectivity index (χ4v) is 3.30. The minimum Gasteiger partial charge on any atom is -0.493 e. The Kier molecular flexibility index (Phi) is 6.42. The average molecular weight is 490 g/mol. The Bertz CT molecular complexity index is 1340. The van der Waals surface area contributed by atoms with Crippen LogP contribution in [0.1, 0.15) is 18.2 Å². The molecule has 5 nitrogen and oxygen atoms in total. The molecule has 0 aliphatic carbocycles. The average Bonchev–Trinajstić information content (AvgIpc) is 2.83. The maximum Gasteiger partial charge on any atom is 0.433 e. The van der Waals surface area contributed by atoms with Gasteiger partial charge < -0.3 is 4.74 Å². The molecule has 0 radical (unpaired) electrons. The van der Waals surface area contributed by atoms with E-state index in [1.165, 1.54) is 25.3 Å². The lowest BCUT2D eigenvalue weighted by Gasteiger charge is -2.15. The second kappa shape index (κ2) is 9.32. The summed E-state index contributed by atoms with van der Waals surface area (Å²) < 4.78 is 86.1. The molecule has 180 valence electrons. The van der Waals surface area contributed by atoms with Crippen LogP contribution >= 0.6 is 0 Å². The number of rotatable bonds is 5. The van der Waals surface area contributed by atoms with E-state index in [-0.39, 0.29) is 29.3 Å². The van der Waals surface area contributed by atoms with Crippen molar-refractivity contribution in [3.63, 3.8) is 0 Å². The summed E-state index contributed by atoms with van der Waals surface area (Å²) in [4.78, 5) is 16.1. The van der Waals surface area contributed by atoms with Crippen LogP contribution in [-0.2, 0) is 12.4 Å². The fourth-order valence-electron chi connectivity index (χ4n) is 3.30. The van der Waals surface area contributed by atoms with Gasteiger partial charge in [-0.15, -0.1) is 0 Å². The van der Waals surface area contributed by atoms with Crippen LogP contribution < -0.4 is 4.74 Å². The molecule has 11 heteroatoms. The highest BCUT2D eigenvalue weighted by atomic mass is 19.4. The van der Waals surface area contributed by atoms with Gasteiger partial charge in [-0.3, -0.25) is 9.97 Å². The smallest absolute Gasteiger partial charge is 0.433 e. The van der Waals surface area contributed by atoms with Gasteiger partial charge in [-0.1, -0.05) is 6.07 Å². The Balaban J connectivity index is 1.86. The van der Waals surface area contributed by atoms with Crippen LogP contribution in [0.4, 0.5) is 26.3 Å². The van der Waals surface area contributed by atoms with Gasteiger partial charge in [0, 0.05) is 35.3 Å². The van der Waals surface area contributed by atoms with Gasteiger partial charge in [-0.25, -0.2) is 9.97 Å². The largest absolute Gasteiger partial charge is 0.493 e. The minimum absolute atomic E-state index is 0.0112. The van der Waals surface area contributed by atoms with Gasteiger partial charge in [0.1, 0.15) is 11.4 Å². The summed E-state index contributed by atoms with van der Waals surface area (Å²) in [7, 11) is 0. The van der Waals surface area contributed by atoms with Crippen molar-refractivity contribution in [2.75, 3.05) is 6.61 Å². The number of hydrogen-bond donors (Lipinski definition) is 0. The van der Waals surface area contributed by atoms with Crippen LogP contribution in [0.15, 0.2) is 67.1 Å². The molecular weight excluding hydrogens is 474 g/mol. The van der Waals surface area contributed by atoms with E-state index in [1.54, 1.807) is 24.5 Å². The van der Waals surface area contributed by atoms with E-state index in [0.717, 1.165) is 18.2 Å². The first-order valence-corrected chi connectivity index (χ1v) is 10.2. The number of hydrogen-bond acceptors (Lipinski definition) is 5. The maximum absolute atomic E-state index is 13.7. The van der Waals surface area contributed by atoms with Crippen molar-refractivity contribution in [3.05, 3.63) is 78.4 Å². The number of pyridine rings is 2. The van der Waals surface area contributed by atoms with Crippen LogP contribution in [0, 0.1) is 0 Å². The van der Waals surface area contributed by atoms with Gasteiger partial charge in [0.2, 0.25) is 0 Å². The van der Waals surface area contributed by atoms with Crippen LogP contribution in [0.2, 0.25) is 0 Å². The molecule has 0 atom stereocenters. The van der Waals surface area contributed by atoms with Crippen molar-refractivity contribution in [2.45, 2.75) is 19.3 Å². The van der Waals surface area contributed by atoms with Gasteiger partial charge in [-0.05, 0) is 49.4 Å². The highest BCUT2D eigenvalue weighted by Gasteiger charge is 2.36. The topological polar surface area (TPSA) is 60.8 Å². The predicted molar refractivity (Wildman–Crippen MR) is 115 cm³/mol. The van der Waals surface area contributed by atoms with Crippen LogP contribution in [0.25, 0.3) is 33.9 Å². The molecule has 1 aromatic carbocycles. The summed E-state index contributed by atoms with van der Waals surface area (Å²) in [6.07, 6.45) is -5.01. The summed E-state index contributed by atoms with van der Waals surface area (Å²) in [6, 6.07) is 9.87. The SMILES string of the molecule is CCOc1cc(-c2cc(C(F)(F)F)nc(-c3ccnc(-c4cccnc4)c3)n2)ccc1C(F)(F)F. The Morgan fingerprint density at radius 2 is 1.57 bits per heavy atom. The van der Waals surface area contributed by atoms with Gasteiger partial charge in [-0.2, -0.15) is 26.3 Å². The molecule has 4 rings (SSSR count). The van der Waals surface area contributed by atoms with E-state index in [4.69, 9.17) is 4.74 Å². The number of ether oxygens (including phenoxy) is 1. The van der Waals surface area contributed by atoms with Crippen molar-refractivity contribution in [1.82, 2.24) is 19.9 Å². The number of aromatic nitrogens is 4. The van der Waals surface area contributed by atoms with Crippen LogP contribution in [-0.4, -0.2) is 26.5 Å². The number of halogens is 6. The summed E-state index contributed by atoms with van der Waals surface area (Å²) in [5.74, 6) is -0.769.